The van der Waals surface area contributed by atoms with E-state index in [-0.39, 0.29) is 17.4 Å². The van der Waals surface area contributed by atoms with Crippen LogP contribution in [-0.4, -0.2) is 33.4 Å². The summed E-state index contributed by atoms with van der Waals surface area (Å²) in [5, 5.41) is 12.1. The number of benzene rings is 2. The summed E-state index contributed by atoms with van der Waals surface area (Å²) >= 11 is 12.1. The second-order valence-electron chi connectivity index (χ2n) is 7.01. The zero-order chi connectivity index (χ0) is 20.6. The predicted octanol–water partition coefficient (Wildman–Crippen LogP) is 4.71. The third-order valence-electron chi connectivity index (χ3n) is 5.01. The highest BCUT2D eigenvalue weighted by atomic mass is 35.5. The van der Waals surface area contributed by atoms with Gasteiger partial charge in [0.1, 0.15) is 10.1 Å². The first-order valence-electron chi connectivity index (χ1n) is 9.40. The molecule has 1 aliphatic rings. The number of ether oxygens (including phenoxy) is 1. The Morgan fingerprint density at radius 3 is 2.48 bits per heavy atom. The molecule has 5 nitrogen and oxygen atoms in total. The summed E-state index contributed by atoms with van der Waals surface area (Å²) in [5.41, 5.74) is 0.714. The molecule has 1 N–H and O–H groups in total. The van der Waals surface area contributed by atoms with Gasteiger partial charge in [0.15, 0.2) is 0 Å². The molecule has 0 spiro atoms. The van der Waals surface area contributed by atoms with Crippen LogP contribution >= 0.6 is 23.2 Å². The minimum atomic E-state index is -0.706. The molecule has 1 fully saturated rings. The zero-order valence-electron chi connectivity index (χ0n) is 15.8. The molecule has 4 rings (SSSR count). The van der Waals surface area contributed by atoms with E-state index >= 15 is 0 Å². The fourth-order valence-electron chi connectivity index (χ4n) is 3.33. The minimum absolute atomic E-state index is 0.104. The van der Waals surface area contributed by atoms with Gasteiger partial charge < -0.3 is 9.84 Å². The first-order valence-corrected chi connectivity index (χ1v) is 10.2. The maximum absolute atomic E-state index is 13.1. The topological polar surface area (TPSA) is 63.8 Å². The number of aromatic nitrogens is 1. The van der Waals surface area contributed by atoms with Gasteiger partial charge in [-0.15, -0.1) is 23.2 Å². The smallest absolute Gasteiger partial charge is 0.265 e. The fourth-order valence-corrected chi connectivity index (χ4v) is 3.84. The van der Waals surface area contributed by atoms with E-state index in [1.807, 2.05) is 13.0 Å². The average Bonchev–Trinajstić information content (AvgIpc) is 3.32. The van der Waals surface area contributed by atoms with Gasteiger partial charge in [-0.3, -0.25) is 9.79 Å². The number of nitrogens with zero attached hydrogens (tertiary/aromatic N) is 2. The standard InChI is InChI=1S/C22H20Cl2N2O3/c1-2-29-16-9-7-15(8-10-16)26-20(27)18-6-4-3-5-17(18)19(21(26)28)13-25-12-14-11-22(14,23)24/h3-10,13-14,28H,2,11-12H2,1H3. The molecule has 3 aromatic rings. The van der Waals surface area contributed by atoms with Crippen molar-refractivity contribution < 1.29 is 9.84 Å². The van der Waals surface area contributed by atoms with Crippen molar-refractivity contribution in [3.8, 4) is 17.3 Å². The Morgan fingerprint density at radius 1 is 1.21 bits per heavy atom. The first-order chi connectivity index (χ1) is 13.9. The Kier molecular flexibility index (Phi) is 5.28. The summed E-state index contributed by atoms with van der Waals surface area (Å²) in [6.07, 6.45) is 2.29. The number of aliphatic imine (C=N–C) groups is 1. The normalized spacial score (nSPS) is 17.7. The molecule has 150 valence electrons. The van der Waals surface area contributed by atoms with Crippen LogP contribution < -0.4 is 10.3 Å². The summed E-state index contributed by atoms with van der Waals surface area (Å²) in [6.45, 7) is 2.91. The lowest BCUT2D eigenvalue weighted by Crippen LogP contribution is -2.20. The molecule has 0 saturated heterocycles. The van der Waals surface area contributed by atoms with E-state index in [0.717, 1.165) is 0 Å². The molecule has 29 heavy (non-hydrogen) atoms. The Bertz CT molecular complexity index is 1140. The maximum atomic E-state index is 13.1. The van der Waals surface area contributed by atoms with Crippen molar-refractivity contribution in [2.75, 3.05) is 13.2 Å². The van der Waals surface area contributed by atoms with Crippen molar-refractivity contribution >= 4 is 40.2 Å². The van der Waals surface area contributed by atoms with Gasteiger partial charge in [-0.05, 0) is 43.7 Å². The molecule has 7 heteroatoms. The van der Waals surface area contributed by atoms with Gasteiger partial charge in [0.25, 0.3) is 5.56 Å². The average molecular weight is 431 g/mol. The first kappa shape index (κ1) is 19.8. The van der Waals surface area contributed by atoms with Crippen molar-refractivity contribution in [2.45, 2.75) is 17.7 Å². The molecule has 0 radical (unpaired) electrons. The summed E-state index contributed by atoms with van der Waals surface area (Å²) in [7, 11) is 0. The van der Waals surface area contributed by atoms with E-state index in [1.165, 1.54) is 4.57 Å². The Balaban J connectivity index is 1.80. The molecular formula is C22H20Cl2N2O3. The van der Waals surface area contributed by atoms with Crippen LogP contribution in [0.4, 0.5) is 0 Å². The highest BCUT2D eigenvalue weighted by Gasteiger charge is 2.51. The molecule has 1 aliphatic carbocycles. The summed E-state index contributed by atoms with van der Waals surface area (Å²) in [5.74, 6) is 0.634. The monoisotopic (exact) mass is 430 g/mol. The number of aromatic hydroxyl groups is 1. The Morgan fingerprint density at radius 2 is 1.86 bits per heavy atom. The van der Waals surface area contributed by atoms with Crippen molar-refractivity contribution in [3.05, 3.63) is 64.4 Å². The molecule has 1 atom stereocenters. The van der Waals surface area contributed by atoms with Gasteiger partial charge in [-0.25, -0.2) is 4.57 Å². The second-order valence-corrected chi connectivity index (χ2v) is 8.55. The molecule has 1 saturated carbocycles. The van der Waals surface area contributed by atoms with E-state index < -0.39 is 4.33 Å². The van der Waals surface area contributed by atoms with Crippen LogP contribution in [-0.2, 0) is 0 Å². The number of hydrogen-bond donors (Lipinski definition) is 1. The van der Waals surface area contributed by atoms with Gasteiger partial charge in [-0.2, -0.15) is 0 Å². The number of alkyl halides is 2. The zero-order valence-corrected chi connectivity index (χ0v) is 17.3. The molecule has 0 amide bonds. The third kappa shape index (κ3) is 3.85. The highest BCUT2D eigenvalue weighted by Crippen LogP contribution is 2.53. The molecular weight excluding hydrogens is 411 g/mol. The Labute approximate surface area is 178 Å². The molecule has 0 aliphatic heterocycles. The predicted molar refractivity (Wildman–Crippen MR) is 117 cm³/mol. The summed E-state index contributed by atoms with van der Waals surface area (Å²) in [4.78, 5) is 17.5. The van der Waals surface area contributed by atoms with Crippen LogP contribution in [0.2, 0.25) is 0 Å². The molecule has 1 unspecified atom stereocenters. The van der Waals surface area contributed by atoms with Crippen LogP contribution in [0.3, 0.4) is 0 Å². The Hall–Kier alpha value is -2.50. The third-order valence-corrected chi connectivity index (χ3v) is 5.94. The van der Waals surface area contributed by atoms with Crippen LogP contribution in [0.15, 0.2) is 58.3 Å². The fraction of sp³-hybridized carbons (Fsp3) is 0.273. The van der Waals surface area contributed by atoms with Gasteiger partial charge in [0.05, 0.1) is 17.9 Å². The van der Waals surface area contributed by atoms with Crippen LogP contribution in [0.25, 0.3) is 16.5 Å². The number of fused-ring (bicyclic) bond motifs is 1. The number of halogens is 2. The number of hydrogen-bond acceptors (Lipinski definition) is 4. The highest BCUT2D eigenvalue weighted by molar-refractivity contribution is 6.50. The van der Waals surface area contributed by atoms with Gasteiger partial charge in [0.2, 0.25) is 5.88 Å². The quantitative estimate of drug-likeness (QED) is 0.454. The van der Waals surface area contributed by atoms with E-state index in [9.17, 15) is 9.90 Å². The van der Waals surface area contributed by atoms with Gasteiger partial charge >= 0.3 is 0 Å². The molecule has 2 aromatic carbocycles. The van der Waals surface area contributed by atoms with Crippen molar-refractivity contribution in [2.24, 2.45) is 10.9 Å². The lowest BCUT2D eigenvalue weighted by atomic mass is 10.1. The maximum Gasteiger partial charge on any atom is 0.265 e. The SMILES string of the molecule is CCOc1ccc(-n2c(O)c(C=NCC3CC3(Cl)Cl)c3ccccc3c2=O)cc1. The van der Waals surface area contributed by atoms with E-state index in [4.69, 9.17) is 27.9 Å². The van der Waals surface area contributed by atoms with Crippen LogP contribution in [0, 0.1) is 5.92 Å². The van der Waals surface area contributed by atoms with Crippen LogP contribution in [0.5, 0.6) is 11.6 Å². The van der Waals surface area contributed by atoms with E-state index in [2.05, 4.69) is 4.99 Å². The van der Waals surface area contributed by atoms with Crippen molar-refractivity contribution in [3.63, 3.8) is 0 Å². The number of rotatable bonds is 6. The summed E-state index contributed by atoms with van der Waals surface area (Å²) < 4.78 is 6.03. The molecule has 0 bridgehead atoms. The molecule has 1 heterocycles. The van der Waals surface area contributed by atoms with Gasteiger partial charge in [0, 0.05) is 29.4 Å². The minimum Gasteiger partial charge on any atom is -0.494 e. The lowest BCUT2D eigenvalue weighted by molar-refractivity contribution is 0.340. The second kappa shape index (κ2) is 7.73. The van der Waals surface area contributed by atoms with Crippen molar-refractivity contribution in [1.82, 2.24) is 4.57 Å². The number of pyridine rings is 1. The van der Waals surface area contributed by atoms with Crippen LogP contribution in [0.1, 0.15) is 18.9 Å². The summed E-state index contributed by atoms with van der Waals surface area (Å²) in [6, 6.07) is 14.2. The largest absolute Gasteiger partial charge is 0.494 e. The van der Waals surface area contributed by atoms with Gasteiger partial charge in [-0.1, -0.05) is 18.2 Å². The van der Waals surface area contributed by atoms with E-state index in [0.29, 0.717) is 47.3 Å². The van der Waals surface area contributed by atoms with E-state index in [1.54, 1.807) is 48.7 Å². The lowest BCUT2D eigenvalue weighted by Gasteiger charge is -2.14. The van der Waals surface area contributed by atoms with Crippen molar-refractivity contribution in [1.29, 1.82) is 0 Å². The molecule has 1 aromatic heterocycles.